The highest BCUT2D eigenvalue weighted by molar-refractivity contribution is 7.92. The van der Waals surface area contributed by atoms with Crippen LogP contribution in [0.25, 0.3) is 0 Å². The maximum absolute atomic E-state index is 14.2. The van der Waals surface area contributed by atoms with Gasteiger partial charge in [0.05, 0.1) is 19.9 Å². The molecule has 0 amide bonds. The van der Waals surface area contributed by atoms with Crippen LogP contribution in [0.1, 0.15) is 11.1 Å². The standard InChI is InChI=1S/C16H18FNO4S/c1-10-6-5-7-11(2)16(10)18-23(19,20)15-9-14(22-4)13(21-3)8-12(15)17/h5-9,18H,1-4H3. The molecule has 0 aliphatic rings. The molecule has 2 rings (SSSR count). The fraction of sp³-hybridized carbons (Fsp3) is 0.250. The summed E-state index contributed by atoms with van der Waals surface area (Å²) in [7, 11) is -1.41. The minimum absolute atomic E-state index is 0.121. The number of hydrogen-bond donors (Lipinski definition) is 1. The zero-order valence-corrected chi connectivity index (χ0v) is 14.1. The Kier molecular flexibility index (Phi) is 4.79. The molecule has 0 aliphatic carbocycles. The summed E-state index contributed by atoms with van der Waals surface area (Å²) < 4.78 is 51.7. The summed E-state index contributed by atoms with van der Waals surface area (Å²) >= 11 is 0. The van der Waals surface area contributed by atoms with Crippen molar-refractivity contribution in [3.05, 3.63) is 47.3 Å². The smallest absolute Gasteiger partial charge is 0.264 e. The van der Waals surface area contributed by atoms with E-state index in [9.17, 15) is 12.8 Å². The Morgan fingerprint density at radius 1 is 1.00 bits per heavy atom. The number of anilines is 1. The van der Waals surface area contributed by atoms with Crippen molar-refractivity contribution < 1.29 is 22.3 Å². The van der Waals surface area contributed by atoms with Crippen LogP contribution in [0.5, 0.6) is 11.5 Å². The van der Waals surface area contributed by atoms with Crippen molar-refractivity contribution in [1.29, 1.82) is 0 Å². The molecule has 2 aromatic rings. The largest absolute Gasteiger partial charge is 0.493 e. The number of methoxy groups -OCH3 is 2. The Balaban J connectivity index is 2.52. The van der Waals surface area contributed by atoms with Crippen LogP contribution in [0, 0.1) is 19.7 Å². The van der Waals surface area contributed by atoms with Crippen molar-refractivity contribution >= 4 is 15.7 Å². The van der Waals surface area contributed by atoms with Crippen LogP contribution >= 0.6 is 0 Å². The molecule has 124 valence electrons. The highest BCUT2D eigenvalue weighted by Gasteiger charge is 2.23. The maximum Gasteiger partial charge on any atom is 0.264 e. The van der Waals surface area contributed by atoms with Crippen LogP contribution in [-0.4, -0.2) is 22.6 Å². The van der Waals surface area contributed by atoms with Gasteiger partial charge in [-0.15, -0.1) is 0 Å². The van der Waals surface area contributed by atoms with Gasteiger partial charge in [-0.2, -0.15) is 0 Å². The summed E-state index contributed by atoms with van der Waals surface area (Å²) in [5.74, 6) is -0.659. The van der Waals surface area contributed by atoms with Gasteiger partial charge in [-0.3, -0.25) is 4.72 Å². The normalized spacial score (nSPS) is 11.2. The van der Waals surface area contributed by atoms with Gasteiger partial charge in [0.2, 0.25) is 0 Å². The van der Waals surface area contributed by atoms with E-state index in [2.05, 4.69) is 4.72 Å². The average molecular weight is 339 g/mol. The van der Waals surface area contributed by atoms with E-state index in [4.69, 9.17) is 9.47 Å². The van der Waals surface area contributed by atoms with Crippen LogP contribution < -0.4 is 14.2 Å². The summed E-state index contributed by atoms with van der Waals surface area (Å²) in [4.78, 5) is -0.502. The van der Waals surface area contributed by atoms with Crippen LogP contribution in [0.15, 0.2) is 35.2 Å². The quantitative estimate of drug-likeness (QED) is 0.908. The first kappa shape index (κ1) is 17.1. The third-order valence-electron chi connectivity index (χ3n) is 3.45. The number of para-hydroxylation sites is 1. The van der Waals surface area contributed by atoms with Crippen molar-refractivity contribution in [3.8, 4) is 11.5 Å². The van der Waals surface area contributed by atoms with Gasteiger partial charge in [-0.1, -0.05) is 18.2 Å². The second-order valence-corrected chi connectivity index (χ2v) is 6.66. The minimum Gasteiger partial charge on any atom is -0.493 e. The lowest BCUT2D eigenvalue weighted by molar-refractivity contribution is 0.350. The minimum atomic E-state index is -4.11. The van der Waals surface area contributed by atoms with E-state index in [1.165, 1.54) is 14.2 Å². The van der Waals surface area contributed by atoms with Gasteiger partial charge < -0.3 is 9.47 Å². The van der Waals surface area contributed by atoms with Crippen LogP contribution in [0.4, 0.5) is 10.1 Å². The summed E-state index contributed by atoms with van der Waals surface area (Å²) in [6.07, 6.45) is 0. The van der Waals surface area contributed by atoms with Gasteiger partial charge in [0.1, 0.15) is 10.7 Å². The third-order valence-corrected chi connectivity index (χ3v) is 4.81. The molecule has 23 heavy (non-hydrogen) atoms. The van der Waals surface area contributed by atoms with Crippen molar-refractivity contribution in [3.63, 3.8) is 0 Å². The lowest BCUT2D eigenvalue weighted by Gasteiger charge is -2.15. The number of aryl methyl sites for hydroxylation is 2. The zero-order valence-electron chi connectivity index (χ0n) is 13.3. The van der Waals surface area contributed by atoms with Crippen molar-refractivity contribution in [2.45, 2.75) is 18.7 Å². The highest BCUT2D eigenvalue weighted by atomic mass is 32.2. The number of rotatable bonds is 5. The van der Waals surface area contributed by atoms with E-state index in [0.717, 1.165) is 23.3 Å². The van der Waals surface area contributed by atoms with Gasteiger partial charge in [0.15, 0.2) is 11.5 Å². The molecule has 0 spiro atoms. The molecule has 7 heteroatoms. The molecule has 0 fully saturated rings. The van der Waals surface area contributed by atoms with Crippen molar-refractivity contribution in [2.75, 3.05) is 18.9 Å². The summed E-state index contributed by atoms with van der Waals surface area (Å²) in [6, 6.07) is 7.45. The Morgan fingerprint density at radius 2 is 1.52 bits per heavy atom. The third kappa shape index (κ3) is 3.39. The molecule has 0 heterocycles. The van der Waals surface area contributed by atoms with Crippen LogP contribution in [0.3, 0.4) is 0 Å². The summed E-state index contributed by atoms with van der Waals surface area (Å²) in [5, 5.41) is 0. The Hall–Kier alpha value is -2.28. The fourth-order valence-corrected chi connectivity index (χ4v) is 3.48. The molecule has 1 N–H and O–H groups in total. The van der Waals surface area contributed by atoms with Crippen molar-refractivity contribution in [1.82, 2.24) is 0 Å². The van der Waals surface area contributed by atoms with E-state index >= 15 is 0 Å². The fourth-order valence-electron chi connectivity index (χ4n) is 2.21. The number of benzene rings is 2. The Morgan fingerprint density at radius 3 is 2.04 bits per heavy atom. The molecule has 0 aliphatic heterocycles. The first-order valence-corrected chi connectivity index (χ1v) is 8.29. The van der Waals surface area contributed by atoms with Crippen molar-refractivity contribution in [2.24, 2.45) is 0 Å². The van der Waals surface area contributed by atoms with Crippen LogP contribution in [0.2, 0.25) is 0 Å². The SMILES string of the molecule is COc1cc(F)c(S(=O)(=O)Nc2c(C)cccc2C)cc1OC. The van der Waals surface area contributed by atoms with E-state index < -0.39 is 20.7 Å². The second kappa shape index (κ2) is 6.45. The summed E-state index contributed by atoms with van der Waals surface area (Å²) in [6.45, 7) is 3.55. The average Bonchev–Trinajstić information content (AvgIpc) is 2.50. The molecular weight excluding hydrogens is 321 g/mol. The van der Waals surface area contributed by atoms with E-state index in [1.54, 1.807) is 26.0 Å². The Labute approximate surface area is 135 Å². The topological polar surface area (TPSA) is 64.6 Å². The molecule has 0 atom stereocenters. The zero-order chi connectivity index (χ0) is 17.2. The van der Waals surface area contributed by atoms with Gasteiger partial charge in [-0.25, -0.2) is 12.8 Å². The molecule has 0 saturated carbocycles. The van der Waals surface area contributed by atoms with Gasteiger partial charge in [0, 0.05) is 12.1 Å². The molecule has 0 aromatic heterocycles. The molecule has 5 nitrogen and oxygen atoms in total. The summed E-state index contributed by atoms with van der Waals surface area (Å²) in [5.41, 5.74) is 1.92. The first-order valence-electron chi connectivity index (χ1n) is 6.80. The predicted molar refractivity (Wildman–Crippen MR) is 86.2 cm³/mol. The number of halogens is 1. The maximum atomic E-state index is 14.2. The first-order chi connectivity index (χ1) is 10.8. The van der Waals surface area contributed by atoms with E-state index in [1.807, 2.05) is 6.07 Å². The number of hydrogen-bond acceptors (Lipinski definition) is 4. The molecule has 0 radical (unpaired) electrons. The Bertz CT molecular complexity index is 814. The molecular formula is C16H18FNO4S. The predicted octanol–water partition coefficient (Wildman–Crippen LogP) is 3.26. The lowest BCUT2D eigenvalue weighted by atomic mass is 10.1. The van der Waals surface area contributed by atoms with E-state index in [0.29, 0.717) is 5.69 Å². The van der Waals surface area contributed by atoms with Gasteiger partial charge >= 0.3 is 0 Å². The molecule has 0 saturated heterocycles. The van der Waals surface area contributed by atoms with Gasteiger partial charge in [0.25, 0.3) is 10.0 Å². The van der Waals surface area contributed by atoms with E-state index in [-0.39, 0.29) is 11.5 Å². The number of nitrogens with one attached hydrogen (secondary N) is 1. The highest BCUT2D eigenvalue weighted by Crippen LogP contribution is 2.33. The van der Waals surface area contributed by atoms with Crippen LogP contribution in [-0.2, 0) is 10.0 Å². The second-order valence-electron chi connectivity index (χ2n) is 5.01. The molecule has 2 aromatic carbocycles. The lowest BCUT2D eigenvalue weighted by Crippen LogP contribution is -2.16. The molecule has 0 bridgehead atoms. The number of ether oxygens (including phenoxy) is 2. The number of sulfonamides is 1. The monoisotopic (exact) mass is 339 g/mol. The molecule has 0 unspecified atom stereocenters. The van der Waals surface area contributed by atoms with Gasteiger partial charge in [-0.05, 0) is 25.0 Å².